The van der Waals surface area contributed by atoms with E-state index in [4.69, 9.17) is 5.11 Å². The highest BCUT2D eigenvalue weighted by molar-refractivity contribution is 9.10. The van der Waals surface area contributed by atoms with Crippen LogP contribution < -0.4 is 5.32 Å². The van der Waals surface area contributed by atoms with Crippen LogP contribution in [0, 0.1) is 12.8 Å². The molecule has 98 valence electrons. The third-order valence-corrected chi connectivity index (χ3v) is 3.07. The molecule has 2 N–H and O–H groups in total. The van der Waals surface area contributed by atoms with Gasteiger partial charge in [0.05, 0.1) is 0 Å². The fourth-order valence-corrected chi connectivity index (χ4v) is 1.93. The fourth-order valence-electron chi connectivity index (χ4n) is 1.57. The Bertz CT molecular complexity index is 460. The minimum absolute atomic E-state index is 0.0533. The van der Waals surface area contributed by atoms with Crippen LogP contribution in [0.1, 0.15) is 29.3 Å². The van der Waals surface area contributed by atoms with Crippen LogP contribution in [0.2, 0.25) is 0 Å². The highest BCUT2D eigenvalue weighted by Gasteiger charge is 2.12. The van der Waals surface area contributed by atoms with Crippen molar-refractivity contribution in [3.8, 4) is 0 Å². The molecule has 0 radical (unpaired) electrons. The molecule has 0 fully saturated rings. The number of carboxylic acid groups (broad SMARTS) is 1. The van der Waals surface area contributed by atoms with Gasteiger partial charge in [-0.1, -0.05) is 28.9 Å². The number of carboxylic acids is 1. The van der Waals surface area contributed by atoms with E-state index in [1.54, 1.807) is 13.0 Å². The molecule has 0 aliphatic rings. The van der Waals surface area contributed by atoms with E-state index in [2.05, 4.69) is 21.2 Å². The van der Waals surface area contributed by atoms with Crippen LogP contribution in [0.25, 0.3) is 0 Å². The number of carbonyl (C=O) groups excluding carboxylic acids is 1. The lowest BCUT2D eigenvalue weighted by atomic mass is 10.1. The smallest absolute Gasteiger partial charge is 0.303 e. The molecule has 0 aliphatic carbocycles. The molecule has 1 atom stereocenters. The molecule has 0 heterocycles. The second kappa shape index (κ2) is 6.54. The quantitative estimate of drug-likeness (QED) is 0.878. The van der Waals surface area contributed by atoms with Gasteiger partial charge < -0.3 is 10.4 Å². The Labute approximate surface area is 115 Å². The topological polar surface area (TPSA) is 66.4 Å². The fraction of sp³-hybridized carbons (Fsp3) is 0.385. The summed E-state index contributed by atoms with van der Waals surface area (Å²) >= 11 is 3.32. The average molecular weight is 314 g/mol. The second-order valence-electron chi connectivity index (χ2n) is 4.37. The first-order valence-electron chi connectivity index (χ1n) is 5.66. The van der Waals surface area contributed by atoms with E-state index in [0.29, 0.717) is 12.1 Å². The maximum atomic E-state index is 11.9. The Hall–Kier alpha value is -1.36. The number of aliphatic carboxylic acids is 1. The number of carbonyl (C=O) groups is 2. The second-order valence-corrected chi connectivity index (χ2v) is 5.29. The van der Waals surface area contributed by atoms with E-state index in [0.717, 1.165) is 10.0 Å². The van der Waals surface area contributed by atoms with Crippen molar-refractivity contribution in [2.45, 2.75) is 20.3 Å². The lowest BCUT2D eigenvalue weighted by molar-refractivity contribution is -0.137. The third-order valence-electron chi connectivity index (χ3n) is 2.58. The molecule has 18 heavy (non-hydrogen) atoms. The van der Waals surface area contributed by atoms with Gasteiger partial charge in [0.25, 0.3) is 5.91 Å². The molecule has 0 aliphatic heterocycles. The summed E-state index contributed by atoms with van der Waals surface area (Å²) in [5, 5.41) is 11.4. The predicted octanol–water partition coefficient (Wildman–Crippen LogP) is 2.60. The molecule has 1 aromatic rings. The van der Waals surface area contributed by atoms with E-state index in [1.807, 2.05) is 19.1 Å². The van der Waals surface area contributed by atoms with Crippen LogP contribution >= 0.6 is 15.9 Å². The first kappa shape index (κ1) is 14.7. The molecular formula is C13H16BrNO3. The SMILES string of the molecule is Cc1ccc(Br)cc1C(=O)NCC(C)CC(=O)O. The Balaban J connectivity index is 2.60. The summed E-state index contributed by atoms with van der Waals surface area (Å²) < 4.78 is 0.844. The molecule has 4 nitrogen and oxygen atoms in total. The van der Waals surface area contributed by atoms with Gasteiger partial charge >= 0.3 is 5.97 Å². The van der Waals surface area contributed by atoms with Crippen molar-refractivity contribution in [1.82, 2.24) is 5.32 Å². The van der Waals surface area contributed by atoms with Crippen molar-refractivity contribution in [3.63, 3.8) is 0 Å². The molecule has 0 saturated heterocycles. The van der Waals surface area contributed by atoms with Gasteiger partial charge in [0, 0.05) is 23.0 Å². The molecule has 0 saturated carbocycles. The molecule has 1 unspecified atom stereocenters. The van der Waals surface area contributed by atoms with Crippen molar-refractivity contribution in [2.75, 3.05) is 6.54 Å². The standard InChI is InChI=1S/C13H16BrNO3/c1-8(5-12(16)17)7-15-13(18)11-6-10(14)4-3-9(11)2/h3-4,6,8H,5,7H2,1-2H3,(H,15,18)(H,16,17). The van der Waals surface area contributed by atoms with Crippen LogP contribution in [0.3, 0.4) is 0 Å². The first-order chi connectivity index (χ1) is 8.40. The monoisotopic (exact) mass is 313 g/mol. The van der Waals surface area contributed by atoms with E-state index < -0.39 is 5.97 Å². The number of aryl methyl sites for hydroxylation is 1. The Morgan fingerprint density at radius 2 is 2.11 bits per heavy atom. The summed E-state index contributed by atoms with van der Waals surface area (Å²) in [5.74, 6) is -1.11. The molecular weight excluding hydrogens is 298 g/mol. The highest BCUT2D eigenvalue weighted by atomic mass is 79.9. The lowest BCUT2D eigenvalue weighted by Gasteiger charge is -2.11. The number of nitrogens with one attached hydrogen (secondary N) is 1. The van der Waals surface area contributed by atoms with Crippen LogP contribution in [0.4, 0.5) is 0 Å². The number of hydrogen-bond acceptors (Lipinski definition) is 2. The lowest BCUT2D eigenvalue weighted by Crippen LogP contribution is -2.29. The largest absolute Gasteiger partial charge is 0.481 e. The van der Waals surface area contributed by atoms with Gasteiger partial charge in [-0.25, -0.2) is 0 Å². The Morgan fingerprint density at radius 1 is 1.44 bits per heavy atom. The average Bonchev–Trinajstić information content (AvgIpc) is 2.28. The zero-order chi connectivity index (χ0) is 13.7. The van der Waals surface area contributed by atoms with E-state index in [-0.39, 0.29) is 18.2 Å². The van der Waals surface area contributed by atoms with Crippen LogP contribution in [0.5, 0.6) is 0 Å². The summed E-state index contributed by atoms with van der Waals surface area (Å²) in [7, 11) is 0. The van der Waals surface area contributed by atoms with Crippen LogP contribution in [-0.2, 0) is 4.79 Å². The molecule has 0 spiro atoms. The van der Waals surface area contributed by atoms with Gasteiger partial charge in [0.2, 0.25) is 0 Å². The number of halogens is 1. The van der Waals surface area contributed by atoms with Gasteiger partial charge in [0.15, 0.2) is 0 Å². The summed E-state index contributed by atoms with van der Waals surface area (Å²) in [6, 6.07) is 5.49. The molecule has 1 amide bonds. The van der Waals surface area contributed by atoms with Gasteiger partial charge in [0.1, 0.15) is 0 Å². The molecule has 0 aromatic heterocycles. The van der Waals surface area contributed by atoms with Gasteiger partial charge in [-0.3, -0.25) is 9.59 Å². The van der Waals surface area contributed by atoms with Crippen molar-refractivity contribution in [1.29, 1.82) is 0 Å². The van der Waals surface area contributed by atoms with Gasteiger partial charge in [-0.05, 0) is 30.5 Å². The summed E-state index contributed by atoms with van der Waals surface area (Å²) in [5.41, 5.74) is 1.49. The van der Waals surface area contributed by atoms with Crippen molar-refractivity contribution in [2.24, 2.45) is 5.92 Å². The molecule has 0 bridgehead atoms. The van der Waals surface area contributed by atoms with E-state index >= 15 is 0 Å². The minimum atomic E-state index is -0.851. The predicted molar refractivity (Wildman–Crippen MR) is 72.6 cm³/mol. The van der Waals surface area contributed by atoms with Crippen molar-refractivity contribution < 1.29 is 14.7 Å². The summed E-state index contributed by atoms with van der Waals surface area (Å²) in [6.45, 7) is 4.02. The summed E-state index contributed by atoms with van der Waals surface area (Å²) in [4.78, 5) is 22.4. The van der Waals surface area contributed by atoms with Gasteiger partial charge in [-0.15, -0.1) is 0 Å². The Kier molecular flexibility index (Phi) is 5.34. The van der Waals surface area contributed by atoms with Crippen molar-refractivity contribution in [3.05, 3.63) is 33.8 Å². The molecule has 5 heteroatoms. The van der Waals surface area contributed by atoms with Crippen LogP contribution in [0.15, 0.2) is 22.7 Å². The highest BCUT2D eigenvalue weighted by Crippen LogP contribution is 2.16. The molecule has 1 rings (SSSR count). The number of rotatable bonds is 5. The maximum absolute atomic E-state index is 11.9. The van der Waals surface area contributed by atoms with E-state index in [9.17, 15) is 9.59 Å². The maximum Gasteiger partial charge on any atom is 0.303 e. The van der Waals surface area contributed by atoms with Crippen molar-refractivity contribution >= 4 is 27.8 Å². The minimum Gasteiger partial charge on any atom is -0.481 e. The number of amides is 1. The normalized spacial score (nSPS) is 11.9. The van der Waals surface area contributed by atoms with Crippen LogP contribution in [-0.4, -0.2) is 23.5 Å². The van der Waals surface area contributed by atoms with E-state index in [1.165, 1.54) is 0 Å². The van der Waals surface area contributed by atoms with Gasteiger partial charge in [-0.2, -0.15) is 0 Å². The number of hydrogen-bond donors (Lipinski definition) is 2. The number of benzene rings is 1. The zero-order valence-electron chi connectivity index (χ0n) is 10.4. The third kappa shape index (κ3) is 4.49. The zero-order valence-corrected chi connectivity index (χ0v) is 12.0. The molecule has 1 aromatic carbocycles. The first-order valence-corrected chi connectivity index (χ1v) is 6.45. The Morgan fingerprint density at radius 3 is 2.72 bits per heavy atom. The summed E-state index contributed by atoms with van der Waals surface area (Å²) in [6.07, 6.45) is 0.0533.